The third kappa shape index (κ3) is 3.38. The van der Waals surface area contributed by atoms with Crippen LogP contribution in [-0.2, 0) is 6.42 Å². The van der Waals surface area contributed by atoms with Gasteiger partial charge in [-0.3, -0.25) is 0 Å². The van der Waals surface area contributed by atoms with Gasteiger partial charge in [0.1, 0.15) is 5.75 Å². The van der Waals surface area contributed by atoms with Crippen LogP contribution in [0.3, 0.4) is 0 Å². The van der Waals surface area contributed by atoms with Crippen molar-refractivity contribution in [3.63, 3.8) is 0 Å². The molecule has 0 saturated carbocycles. The fourth-order valence-electron chi connectivity index (χ4n) is 1.66. The van der Waals surface area contributed by atoms with Gasteiger partial charge in [0.25, 0.3) is 0 Å². The summed E-state index contributed by atoms with van der Waals surface area (Å²) < 4.78 is 6.71. The van der Waals surface area contributed by atoms with Crippen molar-refractivity contribution in [3.05, 3.63) is 64.1 Å². The molecule has 18 heavy (non-hydrogen) atoms. The van der Waals surface area contributed by atoms with Crippen molar-refractivity contribution in [1.82, 2.24) is 0 Å². The van der Waals surface area contributed by atoms with E-state index in [1.54, 1.807) is 0 Å². The van der Waals surface area contributed by atoms with Crippen LogP contribution in [0, 0.1) is 12.3 Å². The molecule has 0 spiro atoms. The van der Waals surface area contributed by atoms with Crippen LogP contribution in [0.1, 0.15) is 11.1 Å². The molecule has 2 aromatic rings. The highest BCUT2D eigenvalue weighted by atomic mass is 79.9. The summed E-state index contributed by atoms with van der Waals surface area (Å²) >= 11 is 3.41. The van der Waals surface area contributed by atoms with Crippen molar-refractivity contribution in [2.75, 3.05) is 6.61 Å². The number of hydrogen-bond acceptors (Lipinski definition) is 1. The minimum Gasteiger partial charge on any atom is -0.492 e. The van der Waals surface area contributed by atoms with Gasteiger partial charge in [-0.1, -0.05) is 52.2 Å². The summed E-state index contributed by atoms with van der Waals surface area (Å²) in [6, 6.07) is 15.9. The van der Waals surface area contributed by atoms with Crippen LogP contribution in [0.4, 0.5) is 0 Å². The van der Waals surface area contributed by atoms with Gasteiger partial charge in [0.15, 0.2) is 0 Å². The average molecular weight is 301 g/mol. The molecule has 0 aliphatic heterocycles. The summed E-state index contributed by atoms with van der Waals surface area (Å²) in [6.45, 7) is 0.620. The molecule has 0 unspecified atom stereocenters. The van der Waals surface area contributed by atoms with E-state index in [0.717, 1.165) is 22.2 Å². The summed E-state index contributed by atoms with van der Waals surface area (Å²) in [7, 11) is 0. The summed E-state index contributed by atoms with van der Waals surface area (Å²) in [4.78, 5) is 0. The first-order chi connectivity index (χ1) is 8.79. The lowest BCUT2D eigenvalue weighted by Gasteiger charge is -2.09. The zero-order valence-electron chi connectivity index (χ0n) is 9.90. The van der Waals surface area contributed by atoms with Crippen LogP contribution in [0.2, 0.25) is 0 Å². The minimum atomic E-state index is 0.620. The van der Waals surface area contributed by atoms with Crippen molar-refractivity contribution < 1.29 is 4.74 Å². The van der Waals surface area contributed by atoms with Gasteiger partial charge < -0.3 is 4.74 Å². The lowest BCUT2D eigenvalue weighted by Crippen LogP contribution is -2.02. The molecule has 0 fully saturated rings. The molecular formula is C16H13BrO. The molecule has 0 atom stereocenters. The van der Waals surface area contributed by atoms with Crippen molar-refractivity contribution in [1.29, 1.82) is 0 Å². The Labute approximate surface area is 116 Å². The maximum atomic E-state index is 5.74. The monoisotopic (exact) mass is 300 g/mol. The standard InChI is InChI=1S/C16H13BrO/c1-2-14-8-9-15(17)12-16(14)18-11-10-13-6-4-3-5-7-13/h1,3-9,12H,10-11H2. The maximum Gasteiger partial charge on any atom is 0.136 e. The van der Waals surface area contributed by atoms with E-state index < -0.39 is 0 Å². The molecular weight excluding hydrogens is 288 g/mol. The van der Waals surface area contributed by atoms with Crippen molar-refractivity contribution in [3.8, 4) is 18.1 Å². The van der Waals surface area contributed by atoms with Gasteiger partial charge in [0, 0.05) is 10.9 Å². The van der Waals surface area contributed by atoms with Crippen molar-refractivity contribution in [2.24, 2.45) is 0 Å². The molecule has 2 heteroatoms. The lowest BCUT2D eigenvalue weighted by molar-refractivity contribution is 0.321. The third-order valence-electron chi connectivity index (χ3n) is 2.59. The van der Waals surface area contributed by atoms with Gasteiger partial charge in [-0.05, 0) is 23.8 Å². The Kier molecular flexibility index (Phi) is 4.44. The molecule has 0 radical (unpaired) electrons. The second-order valence-electron chi connectivity index (χ2n) is 3.87. The molecule has 2 aromatic carbocycles. The predicted octanol–water partition coefficient (Wildman–Crippen LogP) is 4.05. The van der Waals surface area contributed by atoms with Crippen LogP contribution in [0.25, 0.3) is 0 Å². The fourth-order valence-corrected chi connectivity index (χ4v) is 2.00. The second-order valence-corrected chi connectivity index (χ2v) is 4.78. The van der Waals surface area contributed by atoms with Crippen LogP contribution in [0.15, 0.2) is 53.0 Å². The first-order valence-corrected chi connectivity index (χ1v) is 6.52. The first-order valence-electron chi connectivity index (χ1n) is 5.72. The van der Waals surface area contributed by atoms with E-state index in [-0.39, 0.29) is 0 Å². The Balaban J connectivity index is 1.98. The molecule has 0 amide bonds. The average Bonchev–Trinajstić information content (AvgIpc) is 2.40. The number of ether oxygens (including phenoxy) is 1. The summed E-state index contributed by atoms with van der Waals surface area (Å²) in [5.74, 6) is 3.38. The Morgan fingerprint density at radius 3 is 2.61 bits per heavy atom. The molecule has 0 bridgehead atoms. The molecule has 0 aliphatic rings. The molecule has 2 rings (SSSR count). The van der Waals surface area contributed by atoms with Gasteiger partial charge in [0.2, 0.25) is 0 Å². The largest absolute Gasteiger partial charge is 0.492 e. The van der Waals surface area contributed by atoms with Crippen LogP contribution >= 0.6 is 15.9 Å². The number of rotatable bonds is 4. The van der Waals surface area contributed by atoms with Crippen LogP contribution in [-0.4, -0.2) is 6.61 Å². The van der Waals surface area contributed by atoms with Gasteiger partial charge in [0.05, 0.1) is 12.2 Å². The molecule has 0 saturated heterocycles. The fraction of sp³-hybridized carbons (Fsp3) is 0.125. The quantitative estimate of drug-likeness (QED) is 0.774. The van der Waals surface area contributed by atoms with E-state index in [0.29, 0.717) is 6.61 Å². The topological polar surface area (TPSA) is 9.23 Å². The number of terminal acetylenes is 1. The molecule has 90 valence electrons. The smallest absolute Gasteiger partial charge is 0.136 e. The Hall–Kier alpha value is -1.72. The van der Waals surface area contributed by atoms with E-state index in [4.69, 9.17) is 11.2 Å². The lowest BCUT2D eigenvalue weighted by atomic mass is 10.2. The highest BCUT2D eigenvalue weighted by Crippen LogP contribution is 2.23. The predicted molar refractivity (Wildman–Crippen MR) is 77.7 cm³/mol. The maximum absolute atomic E-state index is 5.74. The molecule has 0 N–H and O–H groups in total. The minimum absolute atomic E-state index is 0.620. The summed E-state index contributed by atoms with van der Waals surface area (Å²) in [5.41, 5.74) is 2.04. The van der Waals surface area contributed by atoms with E-state index in [9.17, 15) is 0 Å². The molecule has 0 heterocycles. The Morgan fingerprint density at radius 1 is 1.11 bits per heavy atom. The third-order valence-corrected chi connectivity index (χ3v) is 3.08. The van der Waals surface area contributed by atoms with E-state index in [1.165, 1.54) is 5.56 Å². The van der Waals surface area contributed by atoms with Gasteiger partial charge in [-0.2, -0.15) is 0 Å². The zero-order valence-corrected chi connectivity index (χ0v) is 11.5. The molecule has 1 nitrogen and oxygen atoms in total. The Morgan fingerprint density at radius 2 is 1.89 bits per heavy atom. The first kappa shape index (κ1) is 12.7. The highest BCUT2D eigenvalue weighted by Gasteiger charge is 2.02. The zero-order chi connectivity index (χ0) is 12.8. The second kappa shape index (κ2) is 6.28. The number of hydrogen-bond donors (Lipinski definition) is 0. The van der Waals surface area contributed by atoms with Gasteiger partial charge >= 0.3 is 0 Å². The number of benzene rings is 2. The van der Waals surface area contributed by atoms with Gasteiger partial charge in [-0.25, -0.2) is 0 Å². The SMILES string of the molecule is C#Cc1ccc(Br)cc1OCCc1ccccc1. The van der Waals surface area contributed by atoms with E-state index in [2.05, 4.69) is 34.0 Å². The van der Waals surface area contributed by atoms with E-state index in [1.807, 2.05) is 36.4 Å². The van der Waals surface area contributed by atoms with Crippen LogP contribution < -0.4 is 4.74 Å². The summed E-state index contributed by atoms with van der Waals surface area (Å²) in [5, 5.41) is 0. The van der Waals surface area contributed by atoms with Crippen molar-refractivity contribution in [2.45, 2.75) is 6.42 Å². The normalized spacial score (nSPS) is 9.78. The molecule has 0 aliphatic carbocycles. The van der Waals surface area contributed by atoms with Crippen molar-refractivity contribution >= 4 is 15.9 Å². The van der Waals surface area contributed by atoms with Gasteiger partial charge in [-0.15, -0.1) is 6.42 Å². The number of halogens is 1. The molecule has 0 aromatic heterocycles. The summed E-state index contributed by atoms with van der Waals surface area (Å²) in [6.07, 6.45) is 6.31. The highest BCUT2D eigenvalue weighted by molar-refractivity contribution is 9.10. The van der Waals surface area contributed by atoms with Crippen LogP contribution in [0.5, 0.6) is 5.75 Å². The Bertz CT molecular complexity index is 555. The van der Waals surface area contributed by atoms with E-state index >= 15 is 0 Å².